The monoisotopic (exact) mass is 276 g/mol. The Balaban J connectivity index is 2.73. The fourth-order valence-corrected chi connectivity index (χ4v) is 1.29. The summed E-state index contributed by atoms with van der Waals surface area (Å²) < 4.78 is 38.5. The fraction of sp³-hybridized carbons (Fsp3) is 0.417. The molecule has 1 unspecified atom stereocenters. The van der Waals surface area contributed by atoms with Gasteiger partial charge in [-0.1, -0.05) is 6.07 Å². The van der Waals surface area contributed by atoms with Crippen molar-refractivity contribution in [3.63, 3.8) is 0 Å². The molecule has 0 amide bonds. The predicted molar refractivity (Wildman–Crippen MR) is 61.5 cm³/mol. The molecule has 7 heteroatoms. The zero-order chi connectivity index (χ0) is 14.4. The van der Waals surface area contributed by atoms with Crippen molar-refractivity contribution in [2.24, 2.45) is 0 Å². The highest BCUT2D eigenvalue weighted by atomic mass is 19.3. The first-order chi connectivity index (χ1) is 8.93. The van der Waals surface area contributed by atoms with Crippen LogP contribution in [-0.4, -0.2) is 30.9 Å². The maximum Gasteiger partial charge on any atom is 0.387 e. The minimum atomic E-state index is -2.94. The summed E-state index contributed by atoms with van der Waals surface area (Å²) in [5, 5.41) is 8.65. The van der Waals surface area contributed by atoms with Crippen molar-refractivity contribution >= 4 is 5.97 Å². The van der Waals surface area contributed by atoms with Crippen LogP contribution in [0.5, 0.6) is 11.5 Å². The Morgan fingerprint density at radius 3 is 2.58 bits per heavy atom. The van der Waals surface area contributed by atoms with E-state index in [1.54, 1.807) is 0 Å². The number of alkyl halides is 2. The number of ether oxygens (including phenoxy) is 3. The van der Waals surface area contributed by atoms with Gasteiger partial charge >= 0.3 is 12.6 Å². The summed E-state index contributed by atoms with van der Waals surface area (Å²) in [6, 6.07) is 4.26. The maximum absolute atomic E-state index is 12.1. The summed E-state index contributed by atoms with van der Waals surface area (Å²) in [6.07, 6.45) is -0.956. The zero-order valence-corrected chi connectivity index (χ0v) is 10.4. The fourth-order valence-electron chi connectivity index (χ4n) is 1.29. The van der Waals surface area contributed by atoms with Gasteiger partial charge in [-0.2, -0.15) is 8.78 Å². The molecule has 5 nitrogen and oxygen atoms in total. The van der Waals surface area contributed by atoms with Crippen molar-refractivity contribution in [1.82, 2.24) is 0 Å². The van der Waals surface area contributed by atoms with Gasteiger partial charge in [-0.25, -0.2) is 4.79 Å². The lowest BCUT2D eigenvalue weighted by molar-refractivity contribution is -0.149. The van der Waals surface area contributed by atoms with Gasteiger partial charge in [-0.15, -0.1) is 0 Å². The molecule has 0 aromatic heterocycles. The normalized spacial score (nSPS) is 12.3. The van der Waals surface area contributed by atoms with Crippen molar-refractivity contribution in [1.29, 1.82) is 0 Å². The highest BCUT2D eigenvalue weighted by molar-refractivity contribution is 5.71. The van der Waals surface area contributed by atoms with Gasteiger partial charge < -0.3 is 19.3 Å². The number of hydrogen-bond acceptors (Lipinski definition) is 4. The second-order valence-electron chi connectivity index (χ2n) is 3.66. The minimum absolute atomic E-state index is 0.0266. The minimum Gasteiger partial charge on any atom is -0.493 e. The third kappa shape index (κ3) is 4.70. The molecule has 0 fully saturated rings. The summed E-state index contributed by atoms with van der Waals surface area (Å²) in [5.74, 6) is -1.04. The third-order valence-electron chi connectivity index (χ3n) is 2.29. The van der Waals surface area contributed by atoms with Crippen LogP contribution < -0.4 is 9.47 Å². The molecule has 0 aliphatic heterocycles. The Bertz CT molecular complexity index is 436. The van der Waals surface area contributed by atoms with E-state index in [9.17, 15) is 13.6 Å². The van der Waals surface area contributed by atoms with E-state index in [0.717, 1.165) is 0 Å². The van der Waals surface area contributed by atoms with E-state index in [1.165, 1.54) is 32.2 Å². The number of halogens is 2. The topological polar surface area (TPSA) is 65.0 Å². The van der Waals surface area contributed by atoms with Crippen molar-refractivity contribution in [2.45, 2.75) is 26.2 Å². The van der Waals surface area contributed by atoms with E-state index in [0.29, 0.717) is 5.56 Å². The molecule has 0 saturated heterocycles. The van der Waals surface area contributed by atoms with E-state index in [-0.39, 0.29) is 18.1 Å². The molecular formula is C12H14F2O5. The SMILES string of the molecule is COc1cc(COC(C)C(=O)O)ccc1OC(F)F. The number of rotatable bonds is 7. The molecule has 0 aliphatic rings. The Morgan fingerprint density at radius 2 is 2.05 bits per heavy atom. The van der Waals surface area contributed by atoms with Crippen molar-refractivity contribution in [2.75, 3.05) is 7.11 Å². The summed E-state index contributed by atoms with van der Waals surface area (Å²) >= 11 is 0. The first-order valence-corrected chi connectivity index (χ1v) is 5.40. The van der Waals surface area contributed by atoms with Gasteiger partial charge in [0.2, 0.25) is 0 Å². The first kappa shape index (κ1) is 15.2. The molecule has 1 N–H and O–H groups in total. The van der Waals surface area contributed by atoms with Gasteiger partial charge in [0, 0.05) is 0 Å². The Hall–Kier alpha value is -1.89. The average Bonchev–Trinajstić information content (AvgIpc) is 2.36. The quantitative estimate of drug-likeness (QED) is 0.827. The molecule has 0 heterocycles. The number of aliphatic carboxylic acids is 1. The summed E-state index contributed by atoms with van der Waals surface area (Å²) in [5.41, 5.74) is 0.589. The van der Waals surface area contributed by atoms with Crippen LogP contribution in [-0.2, 0) is 16.1 Å². The van der Waals surface area contributed by atoms with Crippen molar-refractivity contribution in [3.05, 3.63) is 23.8 Å². The lowest BCUT2D eigenvalue weighted by Crippen LogP contribution is -2.19. The Morgan fingerprint density at radius 1 is 1.37 bits per heavy atom. The Labute approximate surface area is 108 Å². The molecular weight excluding hydrogens is 262 g/mol. The van der Waals surface area contributed by atoms with E-state index >= 15 is 0 Å². The molecule has 1 atom stereocenters. The maximum atomic E-state index is 12.1. The van der Waals surface area contributed by atoms with E-state index < -0.39 is 18.7 Å². The number of carboxylic acids is 1. The van der Waals surface area contributed by atoms with Crippen molar-refractivity contribution < 1.29 is 32.9 Å². The largest absolute Gasteiger partial charge is 0.493 e. The van der Waals surface area contributed by atoms with Crippen LogP contribution in [0.1, 0.15) is 12.5 Å². The number of hydrogen-bond donors (Lipinski definition) is 1. The number of carbonyl (C=O) groups is 1. The van der Waals surface area contributed by atoms with Gasteiger partial charge in [0.25, 0.3) is 0 Å². The molecule has 1 rings (SSSR count). The van der Waals surface area contributed by atoms with Crippen molar-refractivity contribution in [3.8, 4) is 11.5 Å². The van der Waals surface area contributed by atoms with Crippen LogP contribution in [0.25, 0.3) is 0 Å². The van der Waals surface area contributed by atoms with Crippen LogP contribution >= 0.6 is 0 Å². The van der Waals surface area contributed by atoms with Crippen LogP contribution in [0, 0.1) is 0 Å². The van der Waals surface area contributed by atoms with E-state index in [2.05, 4.69) is 4.74 Å². The van der Waals surface area contributed by atoms with Gasteiger partial charge in [-0.05, 0) is 24.6 Å². The van der Waals surface area contributed by atoms with Gasteiger partial charge in [0.05, 0.1) is 13.7 Å². The third-order valence-corrected chi connectivity index (χ3v) is 2.29. The summed E-state index contributed by atoms with van der Waals surface area (Å²) in [6.45, 7) is -1.52. The molecule has 19 heavy (non-hydrogen) atoms. The predicted octanol–water partition coefficient (Wildman–Crippen LogP) is 2.29. The highest BCUT2D eigenvalue weighted by Gasteiger charge is 2.13. The standard InChI is InChI=1S/C12H14F2O5/c1-7(11(15)16)18-6-8-3-4-9(19-12(13)14)10(5-8)17-2/h3-5,7,12H,6H2,1-2H3,(H,15,16). The summed E-state index contributed by atoms with van der Waals surface area (Å²) in [7, 11) is 1.32. The number of benzene rings is 1. The molecule has 0 bridgehead atoms. The number of methoxy groups -OCH3 is 1. The molecule has 0 aliphatic carbocycles. The first-order valence-electron chi connectivity index (χ1n) is 5.40. The highest BCUT2D eigenvalue weighted by Crippen LogP contribution is 2.29. The molecule has 1 aromatic carbocycles. The van der Waals surface area contributed by atoms with Crippen LogP contribution in [0.15, 0.2) is 18.2 Å². The van der Waals surface area contributed by atoms with Crippen LogP contribution in [0.2, 0.25) is 0 Å². The van der Waals surface area contributed by atoms with E-state index in [4.69, 9.17) is 14.6 Å². The van der Waals surface area contributed by atoms with E-state index in [1.807, 2.05) is 0 Å². The lowest BCUT2D eigenvalue weighted by atomic mass is 10.2. The second-order valence-corrected chi connectivity index (χ2v) is 3.66. The molecule has 0 saturated carbocycles. The molecule has 106 valence electrons. The van der Waals surface area contributed by atoms with Crippen LogP contribution in [0.4, 0.5) is 8.78 Å². The van der Waals surface area contributed by atoms with Gasteiger partial charge in [0.15, 0.2) is 17.6 Å². The lowest BCUT2D eigenvalue weighted by Gasteiger charge is -2.12. The average molecular weight is 276 g/mol. The van der Waals surface area contributed by atoms with Gasteiger partial charge in [0.1, 0.15) is 0 Å². The zero-order valence-electron chi connectivity index (χ0n) is 10.4. The Kier molecular flexibility index (Phi) is 5.50. The molecule has 0 radical (unpaired) electrons. The molecule has 1 aromatic rings. The summed E-state index contributed by atoms with van der Waals surface area (Å²) in [4.78, 5) is 10.6. The second kappa shape index (κ2) is 6.89. The van der Waals surface area contributed by atoms with Gasteiger partial charge in [-0.3, -0.25) is 0 Å². The number of carboxylic acid groups (broad SMARTS) is 1. The van der Waals surface area contributed by atoms with Crippen LogP contribution in [0.3, 0.4) is 0 Å². The molecule has 0 spiro atoms. The smallest absolute Gasteiger partial charge is 0.387 e.